The summed E-state index contributed by atoms with van der Waals surface area (Å²) in [5.74, 6) is 0. The molecule has 0 bridgehead atoms. The molecule has 4 heteroatoms. The van der Waals surface area contributed by atoms with Crippen LogP contribution in [0.15, 0.2) is 0 Å². The topological polar surface area (TPSA) is 23.8 Å². The first-order valence-electron chi connectivity index (χ1n) is 0.551. The molecular weight excluding hydrogens is 146 g/mol. The fourth-order valence-electron chi connectivity index (χ4n) is 0. The summed E-state index contributed by atoms with van der Waals surface area (Å²) in [5, 5.41) is 9.13. The van der Waals surface area contributed by atoms with Gasteiger partial charge in [-0.1, -0.05) is 0 Å². The molecule has 0 rings (SSSR count). The van der Waals surface area contributed by atoms with Crippen LogP contribution < -0.4 is 0 Å². The van der Waals surface area contributed by atoms with Gasteiger partial charge in [0.2, 0.25) is 0 Å². The smallest absolute Gasteiger partial charge is 0 e. The largest absolute Gasteiger partial charge is 0 e. The van der Waals surface area contributed by atoms with E-state index in [0.717, 1.165) is 10.2 Å². The van der Waals surface area contributed by atoms with Crippen LogP contribution in [0.2, 0.25) is 0 Å². The van der Waals surface area contributed by atoms with Crippen molar-refractivity contribution in [3.63, 3.8) is 0 Å². The van der Waals surface area contributed by atoms with Crippen molar-refractivity contribution in [3.8, 4) is 5.40 Å². The number of nitriles is 1. The Morgan fingerprint density at radius 1 is 1.80 bits per heavy atom. The summed E-state index contributed by atoms with van der Waals surface area (Å²) in [6, 6.07) is 0. The van der Waals surface area contributed by atoms with Gasteiger partial charge in [-0.25, -0.2) is 0 Å². The molecule has 0 aliphatic carbocycles. The van der Waals surface area contributed by atoms with Crippen molar-refractivity contribution in [1.29, 1.82) is 5.26 Å². The van der Waals surface area contributed by atoms with Gasteiger partial charge in [-0.3, -0.25) is 0 Å². The van der Waals surface area contributed by atoms with E-state index < -0.39 is 0 Å². The van der Waals surface area contributed by atoms with Crippen LogP contribution in [0.3, 0.4) is 0 Å². The first-order valence-corrected chi connectivity index (χ1v) is 2.36. The molecule has 0 aromatic heterocycles. The molecule has 2 radical (unpaired) electrons. The Morgan fingerprint density at radius 2 is 2.00 bits per heavy atom. The van der Waals surface area contributed by atoms with Gasteiger partial charge < -0.3 is 0 Å². The summed E-state index contributed by atoms with van der Waals surface area (Å²) < 4.78 is 0. The maximum absolute atomic E-state index is 7.48. The van der Waals surface area contributed by atoms with Gasteiger partial charge in [-0.15, -0.1) is 0 Å². The molecule has 1 nitrogen and oxygen atoms in total. The summed E-state index contributed by atoms with van der Waals surface area (Å²) in [6.07, 6.45) is 0. The van der Waals surface area contributed by atoms with Crippen molar-refractivity contribution in [3.05, 3.63) is 0 Å². The second kappa shape index (κ2) is 8.93. The van der Waals surface area contributed by atoms with Gasteiger partial charge in [0.05, 0.1) is 0 Å². The van der Waals surface area contributed by atoms with E-state index in [9.17, 15) is 0 Å². The van der Waals surface area contributed by atoms with Crippen molar-refractivity contribution in [1.82, 2.24) is 0 Å². The van der Waals surface area contributed by atoms with Crippen LogP contribution >= 0.6 is 10.2 Å². The van der Waals surface area contributed by atoms with Gasteiger partial charge >= 0.3 is 35.7 Å². The van der Waals surface area contributed by atoms with Crippen molar-refractivity contribution < 1.29 is 14.9 Å². The van der Waals surface area contributed by atoms with E-state index in [4.69, 9.17) is 5.26 Å². The van der Waals surface area contributed by atoms with Crippen LogP contribution in [0.25, 0.3) is 0 Å². The van der Waals surface area contributed by atoms with Gasteiger partial charge in [0.1, 0.15) is 0 Å². The van der Waals surface area contributed by atoms with Crippen LogP contribution in [-0.4, -0.2) is 23.1 Å². The van der Waals surface area contributed by atoms with Crippen molar-refractivity contribution in [2.75, 3.05) is 0 Å². The third kappa shape index (κ3) is 11.1. The fraction of sp³-hybridized carbons (Fsp3) is 0. The van der Waals surface area contributed by atoms with Gasteiger partial charge in [0, 0.05) is 23.1 Å². The van der Waals surface area contributed by atoms with Crippen molar-refractivity contribution in [2.45, 2.75) is 0 Å². The Labute approximate surface area is 58.5 Å². The number of hydrogen-bond donors (Lipinski definition) is 0. The Bertz CT molecular complexity index is 41.4. The minimum atomic E-state index is 0. The second-order valence-electron chi connectivity index (χ2n) is 0.153. The third-order valence-corrected chi connectivity index (χ3v) is 0.340. The van der Waals surface area contributed by atoms with E-state index in [1.54, 1.807) is 5.40 Å². The van der Waals surface area contributed by atoms with Gasteiger partial charge in [-0.05, 0) is 0 Å². The Hall–Kier alpha value is 1.13. The van der Waals surface area contributed by atoms with Gasteiger partial charge in [0.25, 0.3) is 0 Å². The fourth-order valence-corrected chi connectivity index (χ4v) is 0. The monoisotopic (exact) mass is 145 g/mol. The quantitative estimate of drug-likeness (QED) is 0.362. The predicted octanol–water partition coefficient (Wildman–Crippen LogP) is 0.282. The van der Waals surface area contributed by atoms with Crippen LogP contribution in [0, 0.1) is 10.7 Å². The predicted molar refractivity (Wildman–Crippen MR) is 19.0 cm³/mol. The second-order valence-corrected chi connectivity index (χ2v) is 1.04. The van der Waals surface area contributed by atoms with Crippen molar-refractivity contribution in [2.24, 2.45) is 0 Å². The van der Waals surface area contributed by atoms with E-state index >= 15 is 0 Å². The summed E-state index contributed by atoms with van der Waals surface area (Å²) in [5.41, 5.74) is 0. The Kier molecular flexibility index (Phi) is 16.9. The molecule has 0 aliphatic heterocycles. The van der Waals surface area contributed by atoms with Crippen LogP contribution in [-0.2, 0) is 14.9 Å². The molecule has 0 N–H and O–H groups in total. The summed E-state index contributed by atoms with van der Waals surface area (Å²) in [7, 11) is 0.725. The first-order chi connectivity index (χ1) is 1.91. The molecule has 0 saturated carbocycles. The molecule has 28 valence electrons. The summed E-state index contributed by atoms with van der Waals surface area (Å²) in [6.45, 7) is 0. The minimum Gasteiger partial charge on any atom is 0 e. The molecule has 0 amide bonds. The zero-order valence-corrected chi connectivity index (χ0v) is 5.54. The maximum atomic E-state index is 7.48. The normalized spacial score (nSPS) is 4.20. The van der Waals surface area contributed by atoms with E-state index in [2.05, 4.69) is 14.9 Å². The Morgan fingerprint density at radius 3 is 2.00 bits per heavy atom. The van der Waals surface area contributed by atoms with E-state index in [0.29, 0.717) is 0 Å². The summed E-state index contributed by atoms with van der Waals surface area (Å²) >= 11 is 4.23. The van der Waals surface area contributed by atoms with Crippen LogP contribution in [0.4, 0.5) is 0 Å². The van der Waals surface area contributed by atoms with Crippen molar-refractivity contribution >= 4 is 33.2 Å². The van der Waals surface area contributed by atoms with Gasteiger partial charge in [0.15, 0.2) is 0 Å². The number of nitrogens with zero attached hydrogens (tertiary/aromatic N) is 1. The molecule has 0 heterocycles. The Balaban J connectivity index is 0. The van der Waals surface area contributed by atoms with Crippen LogP contribution in [0.1, 0.15) is 0 Å². The third-order valence-electron chi connectivity index (χ3n) is 0.0275. The summed E-state index contributed by atoms with van der Waals surface area (Å²) in [4.78, 5) is 0. The van der Waals surface area contributed by atoms with Gasteiger partial charge in [-0.2, -0.15) is 0 Å². The molecule has 0 fully saturated rings. The minimum absolute atomic E-state index is 0. The number of thiocyanates is 1. The molecule has 5 heavy (non-hydrogen) atoms. The molecule has 0 atom stereocenters. The average Bonchev–Trinajstić information content (AvgIpc) is 1.37. The molecule has 0 unspecified atom stereocenters. The first kappa shape index (κ1) is 9.46. The van der Waals surface area contributed by atoms with E-state index in [1.165, 1.54) is 0 Å². The molecule has 0 aliphatic rings. The standard InChI is InChI=1S/CHNS.Cu.Mg/c2-1-3;;/h3H;;/q;+1;/p-1. The maximum Gasteiger partial charge on any atom is 0 e. The number of hydrogen-bond acceptors (Lipinski definition) is 2. The average molecular weight is 146 g/mol. The SMILES string of the molecule is N#C[S][Cu].[Mg]. The molecule has 0 spiro atoms. The van der Waals surface area contributed by atoms with Crippen LogP contribution in [0.5, 0.6) is 0 Å². The number of rotatable bonds is 0. The zero-order chi connectivity index (χ0) is 3.41. The molecule has 0 aromatic rings. The molecule has 0 saturated heterocycles. The zero-order valence-electron chi connectivity index (χ0n) is 2.36. The van der Waals surface area contributed by atoms with E-state index in [1.807, 2.05) is 0 Å². The molecule has 0 aromatic carbocycles. The molecular formula is CCuMgNS. The van der Waals surface area contributed by atoms with E-state index in [-0.39, 0.29) is 23.1 Å².